The number of carbonyl (C=O) groups is 1. The van der Waals surface area contributed by atoms with Crippen LogP contribution in [0.4, 0.5) is 5.82 Å². The van der Waals surface area contributed by atoms with E-state index in [0.717, 1.165) is 24.1 Å². The Labute approximate surface area is 114 Å². The number of carbonyl (C=O) groups excluding carboxylic acids is 1. The highest BCUT2D eigenvalue weighted by atomic mass is 16.1. The standard InChI is InChI=1S/C15H21N3O/c1-16-14-9-11(7-8-17-14)15(19)18-13-6-5-10-3-2-4-12(10)13/h7-10,12-13H,2-6H2,1H3,(H,16,17)(H,18,19)/t10-,12-,13-/m0/s1. The Hall–Kier alpha value is -1.58. The lowest BCUT2D eigenvalue weighted by molar-refractivity contribution is 0.0926. The van der Waals surface area contributed by atoms with Gasteiger partial charge in [0.25, 0.3) is 5.91 Å². The molecule has 4 heteroatoms. The summed E-state index contributed by atoms with van der Waals surface area (Å²) in [5.41, 5.74) is 0.695. The van der Waals surface area contributed by atoms with Crippen LogP contribution in [0.3, 0.4) is 0 Å². The van der Waals surface area contributed by atoms with Crippen LogP contribution in [0.5, 0.6) is 0 Å². The Balaban J connectivity index is 1.67. The molecule has 1 heterocycles. The lowest BCUT2D eigenvalue weighted by Gasteiger charge is -2.20. The number of aromatic nitrogens is 1. The third-order valence-electron chi connectivity index (χ3n) is 4.68. The van der Waals surface area contributed by atoms with E-state index in [1.807, 2.05) is 7.05 Å². The zero-order valence-electron chi connectivity index (χ0n) is 11.4. The molecule has 2 saturated carbocycles. The first-order valence-electron chi connectivity index (χ1n) is 7.22. The van der Waals surface area contributed by atoms with Gasteiger partial charge >= 0.3 is 0 Å². The van der Waals surface area contributed by atoms with Gasteiger partial charge in [-0.1, -0.05) is 12.8 Å². The molecule has 0 radical (unpaired) electrons. The van der Waals surface area contributed by atoms with E-state index in [2.05, 4.69) is 15.6 Å². The molecule has 0 bridgehead atoms. The van der Waals surface area contributed by atoms with Gasteiger partial charge in [0.1, 0.15) is 5.82 Å². The van der Waals surface area contributed by atoms with Gasteiger partial charge in [-0.2, -0.15) is 0 Å². The van der Waals surface area contributed by atoms with Crippen LogP contribution < -0.4 is 10.6 Å². The SMILES string of the molecule is CNc1cc(C(=O)N[C@H]2CC[C@@H]3CCC[C@@H]32)ccn1. The van der Waals surface area contributed by atoms with Gasteiger partial charge < -0.3 is 10.6 Å². The fourth-order valence-corrected chi connectivity index (χ4v) is 3.70. The van der Waals surface area contributed by atoms with Gasteiger partial charge in [-0.15, -0.1) is 0 Å². The zero-order valence-corrected chi connectivity index (χ0v) is 11.4. The Morgan fingerprint density at radius 2 is 2.21 bits per heavy atom. The molecule has 1 amide bonds. The summed E-state index contributed by atoms with van der Waals surface area (Å²) in [5, 5.41) is 6.19. The summed E-state index contributed by atoms with van der Waals surface area (Å²) in [5.74, 6) is 2.35. The van der Waals surface area contributed by atoms with Crippen LogP contribution in [0.2, 0.25) is 0 Å². The molecule has 1 aromatic rings. The van der Waals surface area contributed by atoms with Crippen LogP contribution >= 0.6 is 0 Å². The average Bonchev–Trinajstić information content (AvgIpc) is 3.04. The van der Waals surface area contributed by atoms with Crippen molar-refractivity contribution in [3.05, 3.63) is 23.9 Å². The van der Waals surface area contributed by atoms with Crippen LogP contribution in [0.1, 0.15) is 42.5 Å². The molecule has 0 unspecified atom stereocenters. The van der Waals surface area contributed by atoms with E-state index in [1.165, 1.54) is 25.7 Å². The molecule has 3 atom stereocenters. The maximum Gasteiger partial charge on any atom is 0.251 e. The summed E-state index contributed by atoms with van der Waals surface area (Å²) in [6.07, 6.45) is 8.08. The van der Waals surface area contributed by atoms with Crippen LogP contribution in [0.15, 0.2) is 18.3 Å². The molecule has 0 aromatic carbocycles. The summed E-state index contributed by atoms with van der Waals surface area (Å²) >= 11 is 0. The normalized spacial score (nSPS) is 29.0. The van der Waals surface area contributed by atoms with E-state index in [-0.39, 0.29) is 5.91 Å². The molecule has 0 spiro atoms. The Bertz CT molecular complexity index is 474. The zero-order chi connectivity index (χ0) is 13.2. The first-order valence-corrected chi connectivity index (χ1v) is 7.22. The van der Waals surface area contributed by atoms with Gasteiger partial charge in [0, 0.05) is 24.8 Å². The maximum atomic E-state index is 12.3. The second-order valence-electron chi connectivity index (χ2n) is 5.69. The van der Waals surface area contributed by atoms with Gasteiger partial charge in [-0.3, -0.25) is 4.79 Å². The van der Waals surface area contributed by atoms with Crippen LogP contribution in [-0.4, -0.2) is 24.0 Å². The van der Waals surface area contributed by atoms with Crippen molar-refractivity contribution in [3.63, 3.8) is 0 Å². The van der Waals surface area contributed by atoms with E-state index in [9.17, 15) is 4.79 Å². The van der Waals surface area contributed by atoms with E-state index in [4.69, 9.17) is 0 Å². The van der Waals surface area contributed by atoms with E-state index >= 15 is 0 Å². The fourth-order valence-electron chi connectivity index (χ4n) is 3.70. The molecule has 3 rings (SSSR count). The van der Waals surface area contributed by atoms with Crippen molar-refractivity contribution in [1.29, 1.82) is 0 Å². The monoisotopic (exact) mass is 259 g/mol. The smallest absolute Gasteiger partial charge is 0.251 e. The molecule has 2 fully saturated rings. The molecular formula is C15H21N3O. The summed E-state index contributed by atoms with van der Waals surface area (Å²) in [7, 11) is 1.81. The quantitative estimate of drug-likeness (QED) is 0.876. The minimum Gasteiger partial charge on any atom is -0.373 e. The molecule has 102 valence electrons. The van der Waals surface area contributed by atoms with Crippen molar-refractivity contribution in [2.45, 2.75) is 38.1 Å². The number of hydrogen-bond donors (Lipinski definition) is 2. The fraction of sp³-hybridized carbons (Fsp3) is 0.600. The number of nitrogens with one attached hydrogen (secondary N) is 2. The Morgan fingerprint density at radius 1 is 1.32 bits per heavy atom. The summed E-state index contributed by atoms with van der Waals surface area (Å²) < 4.78 is 0. The van der Waals surface area contributed by atoms with Crippen molar-refractivity contribution in [2.24, 2.45) is 11.8 Å². The van der Waals surface area contributed by atoms with Crippen molar-refractivity contribution in [2.75, 3.05) is 12.4 Å². The van der Waals surface area contributed by atoms with Crippen molar-refractivity contribution in [3.8, 4) is 0 Å². The van der Waals surface area contributed by atoms with E-state index in [0.29, 0.717) is 11.6 Å². The maximum absolute atomic E-state index is 12.3. The van der Waals surface area contributed by atoms with Crippen LogP contribution in [-0.2, 0) is 0 Å². The first kappa shape index (κ1) is 12.5. The predicted octanol–water partition coefficient (Wildman–Crippen LogP) is 2.43. The van der Waals surface area contributed by atoms with Crippen molar-refractivity contribution < 1.29 is 4.79 Å². The highest BCUT2D eigenvalue weighted by Crippen LogP contribution is 2.43. The topological polar surface area (TPSA) is 54.0 Å². The van der Waals surface area contributed by atoms with Gasteiger partial charge in [0.05, 0.1) is 0 Å². The van der Waals surface area contributed by atoms with Crippen LogP contribution in [0, 0.1) is 11.8 Å². The number of amides is 1. The molecule has 2 aliphatic carbocycles. The molecule has 1 aromatic heterocycles. The highest BCUT2D eigenvalue weighted by molar-refractivity contribution is 5.95. The third kappa shape index (κ3) is 2.44. The third-order valence-corrected chi connectivity index (χ3v) is 4.68. The predicted molar refractivity (Wildman–Crippen MR) is 75.1 cm³/mol. The summed E-state index contributed by atoms with van der Waals surface area (Å²) in [6.45, 7) is 0. The largest absolute Gasteiger partial charge is 0.373 e. The molecule has 4 nitrogen and oxygen atoms in total. The minimum atomic E-state index is 0.0384. The molecular weight excluding hydrogens is 238 g/mol. The van der Waals surface area contributed by atoms with Crippen LogP contribution in [0.25, 0.3) is 0 Å². The van der Waals surface area contributed by atoms with Gasteiger partial charge in [0.15, 0.2) is 0 Å². The van der Waals surface area contributed by atoms with Gasteiger partial charge in [-0.05, 0) is 43.2 Å². The molecule has 0 aliphatic heterocycles. The Kier molecular flexibility index (Phi) is 3.40. The lowest BCUT2D eigenvalue weighted by atomic mass is 9.97. The molecule has 0 saturated heterocycles. The molecule has 19 heavy (non-hydrogen) atoms. The number of hydrogen-bond acceptors (Lipinski definition) is 3. The summed E-state index contributed by atoms with van der Waals surface area (Å²) in [6, 6.07) is 3.96. The highest BCUT2D eigenvalue weighted by Gasteiger charge is 2.39. The number of rotatable bonds is 3. The van der Waals surface area contributed by atoms with Gasteiger partial charge in [0.2, 0.25) is 0 Å². The average molecular weight is 259 g/mol. The lowest BCUT2D eigenvalue weighted by Crippen LogP contribution is -2.37. The summed E-state index contributed by atoms with van der Waals surface area (Å²) in [4.78, 5) is 16.4. The molecule has 2 N–H and O–H groups in total. The van der Waals surface area contributed by atoms with Crippen molar-refractivity contribution >= 4 is 11.7 Å². The number of pyridine rings is 1. The Morgan fingerprint density at radius 3 is 3.05 bits per heavy atom. The second kappa shape index (κ2) is 5.19. The number of anilines is 1. The van der Waals surface area contributed by atoms with Crippen molar-refractivity contribution in [1.82, 2.24) is 10.3 Å². The number of fused-ring (bicyclic) bond motifs is 1. The van der Waals surface area contributed by atoms with Gasteiger partial charge in [-0.25, -0.2) is 4.98 Å². The van der Waals surface area contributed by atoms with E-state index in [1.54, 1.807) is 18.3 Å². The van der Waals surface area contributed by atoms with E-state index < -0.39 is 0 Å². The first-order chi connectivity index (χ1) is 9.28. The number of nitrogens with zero attached hydrogens (tertiary/aromatic N) is 1. The second-order valence-corrected chi connectivity index (χ2v) is 5.69. The molecule has 2 aliphatic rings. The minimum absolute atomic E-state index is 0.0384.